The van der Waals surface area contributed by atoms with E-state index in [1.54, 1.807) is 12.1 Å². The number of hydrogen-bond acceptors (Lipinski definition) is 6. The van der Waals surface area contributed by atoms with Crippen molar-refractivity contribution in [1.29, 1.82) is 0 Å². The SMILES string of the molecule is O=C(CSc1ccc(Cl)cc1)N/N=C/c1cc([N+](=O)[O-])ccc1OCc1ccc(Br)cc1. The third kappa shape index (κ3) is 7.37. The Morgan fingerprint density at radius 2 is 1.88 bits per heavy atom. The molecule has 0 saturated heterocycles. The molecule has 0 spiro atoms. The van der Waals surface area contributed by atoms with Crippen LogP contribution in [0.15, 0.2) is 81.2 Å². The van der Waals surface area contributed by atoms with Crippen LogP contribution in [0, 0.1) is 10.1 Å². The smallest absolute Gasteiger partial charge is 0.270 e. The number of amides is 1. The summed E-state index contributed by atoms with van der Waals surface area (Å²) in [5.74, 6) is 0.247. The zero-order valence-corrected chi connectivity index (χ0v) is 19.7. The Morgan fingerprint density at radius 1 is 1.16 bits per heavy atom. The lowest BCUT2D eigenvalue weighted by Gasteiger charge is -2.09. The average molecular weight is 535 g/mol. The number of nitro groups is 1. The molecule has 7 nitrogen and oxygen atoms in total. The van der Waals surface area contributed by atoms with Crippen LogP contribution in [0.1, 0.15) is 11.1 Å². The summed E-state index contributed by atoms with van der Waals surface area (Å²) in [6.45, 7) is 0.274. The maximum Gasteiger partial charge on any atom is 0.270 e. The van der Waals surface area contributed by atoms with E-state index in [4.69, 9.17) is 16.3 Å². The highest BCUT2D eigenvalue weighted by molar-refractivity contribution is 9.10. The minimum atomic E-state index is -0.503. The first-order valence-corrected chi connectivity index (χ1v) is 11.4. The molecule has 0 bridgehead atoms. The fraction of sp³-hybridized carbons (Fsp3) is 0.0909. The summed E-state index contributed by atoms with van der Waals surface area (Å²) in [6.07, 6.45) is 1.33. The number of rotatable bonds is 9. The highest BCUT2D eigenvalue weighted by Gasteiger charge is 2.11. The van der Waals surface area contributed by atoms with Crippen LogP contribution in [0.25, 0.3) is 0 Å². The molecule has 0 radical (unpaired) electrons. The molecule has 0 aliphatic heterocycles. The highest BCUT2D eigenvalue weighted by Crippen LogP contribution is 2.24. The fourth-order valence-corrected chi connectivity index (χ4v) is 3.59. The lowest BCUT2D eigenvalue weighted by atomic mass is 10.2. The predicted octanol–water partition coefficient (Wildman–Crippen LogP) is 5.83. The number of carbonyl (C=O) groups is 1. The number of nitrogens with one attached hydrogen (secondary N) is 1. The van der Waals surface area contributed by atoms with Crippen molar-refractivity contribution in [2.75, 3.05) is 5.75 Å². The predicted molar refractivity (Wildman–Crippen MR) is 129 cm³/mol. The van der Waals surface area contributed by atoms with E-state index in [0.29, 0.717) is 16.3 Å². The second kappa shape index (κ2) is 11.7. The van der Waals surface area contributed by atoms with Crippen molar-refractivity contribution in [3.63, 3.8) is 0 Å². The Morgan fingerprint density at radius 3 is 2.56 bits per heavy atom. The Kier molecular flexibility index (Phi) is 8.66. The van der Waals surface area contributed by atoms with Gasteiger partial charge in [-0.25, -0.2) is 5.43 Å². The van der Waals surface area contributed by atoms with Crippen LogP contribution >= 0.6 is 39.3 Å². The van der Waals surface area contributed by atoms with E-state index < -0.39 is 4.92 Å². The summed E-state index contributed by atoms with van der Waals surface area (Å²) in [5, 5.41) is 15.7. The maximum absolute atomic E-state index is 12.1. The average Bonchev–Trinajstić information content (AvgIpc) is 2.78. The quantitative estimate of drug-likeness (QED) is 0.161. The second-order valence-electron chi connectivity index (χ2n) is 6.43. The first-order valence-electron chi connectivity index (χ1n) is 9.26. The third-order valence-corrected chi connectivity index (χ3v) is 5.88. The Balaban J connectivity index is 1.63. The van der Waals surface area contributed by atoms with Crippen molar-refractivity contribution in [1.82, 2.24) is 5.43 Å². The van der Waals surface area contributed by atoms with Crippen LogP contribution in [0.2, 0.25) is 5.02 Å². The van der Waals surface area contributed by atoms with E-state index in [1.807, 2.05) is 36.4 Å². The van der Waals surface area contributed by atoms with Gasteiger partial charge in [0, 0.05) is 32.1 Å². The molecule has 0 atom stereocenters. The summed E-state index contributed by atoms with van der Waals surface area (Å²) < 4.78 is 6.77. The van der Waals surface area contributed by atoms with Crippen LogP contribution < -0.4 is 10.2 Å². The van der Waals surface area contributed by atoms with E-state index in [1.165, 1.54) is 36.2 Å². The molecule has 10 heteroatoms. The molecule has 0 aromatic heterocycles. The van der Waals surface area contributed by atoms with Crippen molar-refractivity contribution in [3.05, 3.63) is 97.5 Å². The number of thioether (sulfide) groups is 1. The molecule has 3 aromatic carbocycles. The van der Waals surface area contributed by atoms with Crippen molar-refractivity contribution >= 4 is 57.1 Å². The molecular formula is C22H17BrClN3O4S. The summed E-state index contributed by atoms with van der Waals surface area (Å²) in [4.78, 5) is 23.6. The lowest BCUT2D eigenvalue weighted by molar-refractivity contribution is -0.384. The standard InChI is InChI=1S/C22H17BrClN3O4S/c23-17-3-1-15(2-4-17)13-31-21-10-7-19(27(29)30)11-16(21)12-25-26-22(28)14-32-20-8-5-18(24)6-9-20/h1-12H,13-14H2,(H,26,28)/b25-12+. The van der Waals surface area contributed by atoms with E-state index in [0.717, 1.165) is 14.9 Å². The number of nitrogens with zero attached hydrogens (tertiary/aromatic N) is 2. The molecule has 0 unspecified atom stereocenters. The van der Waals surface area contributed by atoms with Gasteiger partial charge in [-0.2, -0.15) is 5.10 Å². The number of benzene rings is 3. The minimum Gasteiger partial charge on any atom is -0.488 e. The first-order chi connectivity index (χ1) is 15.4. The molecule has 0 saturated carbocycles. The zero-order valence-electron chi connectivity index (χ0n) is 16.5. The van der Waals surface area contributed by atoms with Gasteiger partial charge in [0.2, 0.25) is 5.91 Å². The largest absolute Gasteiger partial charge is 0.488 e. The second-order valence-corrected chi connectivity index (χ2v) is 8.83. The lowest BCUT2D eigenvalue weighted by Crippen LogP contribution is -2.19. The molecule has 32 heavy (non-hydrogen) atoms. The van der Waals surface area contributed by atoms with Crippen LogP contribution in [-0.4, -0.2) is 22.8 Å². The molecule has 164 valence electrons. The maximum atomic E-state index is 12.1. The third-order valence-electron chi connectivity index (χ3n) is 4.09. The van der Waals surface area contributed by atoms with Gasteiger partial charge in [-0.3, -0.25) is 14.9 Å². The number of hydrogen-bond donors (Lipinski definition) is 1. The Bertz CT molecular complexity index is 1130. The van der Waals surface area contributed by atoms with Crippen LogP contribution in [0.3, 0.4) is 0 Å². The highest BCUT2D eigenvalue weighted by atomic mass is 79.9. The van der Waals surface area contributed by atoms with Crippen LogP contribution in [0.5, 0.6) is 5.75 Å². The number of carbonyl (C=O) groups excluding carboxylic acids is 1. The van der Waals surface area contributed by atoms with Gasteiger partial charge in [-0.05, 0) is 48.0 Å². The molecule has 0 heterocycles. The summed E-state index contributed by atoms with van der Waals surface area (Å²) >= 11 is 10.6. The Hall–Kier alpha value is -2.88. The number of nitro benzene ring substituents is 1. The Labute approximate surface area is 202 Å². The van der Waals surface area contributed by atoms with Gasteiger partial charge in [0.15, 0.2) is 0 Å². The van der Waals surface area contributed by atoms with Crippen molar-refractivity contribution in [2.45, 2.75) is 11.5 Å². The first kappa shape index (κ1) is 23.8. The van der Waals surface area contributed by atoms with E-state index in [-0.39, 0.29) is 24.0 Å². The van der Waals surface area contributed by atoms with Gasteiger partial charge in [0.05, 0.1) is 16.9 Å². The van der Waals surface area contributed by atoms with Gasteiger partial charge >= 0.3 is 0 Å². The van der Waals surface area contributed by atoms with E-state index >= 15 is 0 Å². The van der Waals surface area contributed by atoms with Gasteiger partial charge in [-0.15, -0.1) is 11.8 Å². The molecule has 1 N–H and O–H groups in total. The fourth-order valence-electron chi connectivity index (χ4n) is 2.51. The van der Waals surface area contributed by atoms with Crippen molar-refractivity contribution in [3.8, 4) is 5.75 Å². The van der Waals surface area contributed by atoms with Gasteiger partial charge in [0.1, 0.15) is 12.4 Å². The molecule has 1 amide bonds. The minimum absolute atomic E-state index is 0.105. The van der Waals surface area contributed by atoms with Crippen LogP contribution in [-0.2, 0) is 11.4 Å². The van der Waals surface area contributed by atoms with Gasteiger partial charge < -0.3 is 4.74 Å². The summed E-state index contributed by atoms with van der Waals surface area (Å²) in [6, 6.07) is 19.0. The monoisotopic (exact) mass is 533 g/mol. The summed E-state index contributed by atoms with van der Waals surface area (Å²) in [5.41, 5.74) is 3.63. The molecule has 3 rings (SSSR count). The van der Waals surface area contributed by atoms with Crippen molar-refractivity contribution < 1.29 is 14.5 Å². The number of ether oxygens (including phenoxy) is 1. The number of non-ortho nitro benzene ring substituents is 1. The molecule has 0 aliphatic carbocycles. The van der Waals surface area contributed by atoms with E-state index in [2.05, 4.69) is 26.5 Å². The normalized spacial score (nSPS) is 10.8. The molecule has 0 aliphatic rings. The molecule has 3 aromatic rings. The number of halogens is 2. The van der Waals surface area contributed by atoms with Gasteiger partial charge in [0.25, 0.3) is 5.69 Å². The zero-order chi connectivity index (χ0) is 22.9. The van der Waals surface area contributed by atoms with Gasteiger partial charge in [-0.1, -0.05) is 39.7 Å². The van der Waals surface area contributed by atoms with Crippen LogP contribution in [0.4, 0.5) is 5.69 Å². The summed E-state index contributed by atoms with van der Waals surface area (Å²) in [7, 11) is 0. The van der Waals surface area contributed by atoms with E-state index in [9.17, 15) is 14.9 Å². The molecule has 0 fully saturated rings. The topological polar surface area (TPSA) is 93.8 Å². The van der Waals surface area contributed by atoms with Crippen molar-refractivity contribution in [2.24, 2.45) is 5.10 Å². The number of hydrazone groups is 1. The molecular weight excluding hydrogens is 518 g/mol.